The molecule has 0 aromatic rings. The summed E-state index contributed by atoms with van der Waals surface area (Å²) >= 11 is 0. The number of rotatable bonds is 3. The first-order chi connectivity index (χ1) is 7.25. The number of esters is 1. The molecule has 0 amide bonds. The van der Waals surface area contributed by atoms with Gasteiger partial charge in [-0.25, -0.2) is 4.79 Å². The Morgan fingerprint density at radius 2 is 2.33 bits per heavy atom. The van der Waals surface area contributed by atoms with E-state index in [9.17, 15) is 4.79 Å². The lowest BCUT2D eigenvalue weighted by molar-refractivity contribution is -0.144. The van der Waals surface area contributed by atoms with Crippen LogP contribution in [-0.2, 0) is 19.0 Å². The first-order valence-corrected chi connectivity index (χ1v) is 5.71. The van der Waals surface area contributed by atoms with Gasteiger partial charge in [0.2, 0.25) is 0 Å². The summed E-state index contributed by atoms with van der Waals surface area (Å²) in [5, 5.41) is 0. The van der Waals surface area contributed by atoms with Crippen molar-refractivity contribution in [3.8, 4) is 0 Å². The molecule has 1 aliphatic carbocycles. The first kappa shape index (κ1) is 9.60. The molecule has 0 bridgehead atoms. The molecule has 3 rings (SSSR count). The van der Waals surface area contributed by atoms with Gasteiger partial charge in [0.1, 0.15) is 5.60 Å². The lowest BCUT2D eigenvalue weighted by Gasteiger charge is -2.04. The van der Waals surface area contributed by atoms with Gasteiger partial charge in [0.05, 0.1) is 19.3 Å². The molecule has 2 heterocycles. The minimum atomic E-state index is -0.360. The maximum Gasteiger partial charge on any atom is 0.338 e. The fraction of sp³-hybridized carbons (Fsp3) is 0.909. The molecular formula is C11H16O4. The zero-order valence-corrected chi connectivity index (χ0v) is 8.90. The second-order valence-electron chi connectivity index (χ2n) is 4.71. The standard InChI is InChI=1S/C11H16O4/c1-2-13-10(12)9-11(15-9)5-8(14-6-11)7-3-4-7/h7-9H,2-6H2,1H3. The average molecular weight is 212 g/mol. The Kier molecular flexibility index (Phi) is 2.04. The van der Waals surface area contributed by atoms with Gasteiger partial charge in [-0.1, -0.05) is 0 Å². The van der Waals surface area contributed by atoms with Crippen molar-refractivity contribution >= 4 is 5.97 Å². The molecule has 2 saturated heterocycles. The molecule has 0 N–H and O–H groups in total. The van der Waals surface area contributed by atoms with Gasteiger partial charge in [0.15, 0.2) is 6.10 Å². The molecule has 3 unspecified atom stereocenters. The minimum Gasteiger partial charge on any atom is -0.464 e. The van der Waals surface area contributed by atoms with Crippen molar-refractivity contribution in [1.82, 2.24) is 0 Å². The Morgan fingerprint density at radius 3 is 3.00 bits per heavy atom. The van der Waals surface area contributed by atoms with Crippen LogP contribution in [-0.4, -0.2) is 37.0 Å². The molecule has 1 saturated carbocycles. The molecule has 0 aromatic heterocycles. The van der Waals surface area contributed by atoms with Crippen LogP contribution in [0.2, 0.25) is 0 Å². The van der Waals surface area contributed by atoms with Gasteiger partial charge in [0.25, 0.3) is 0 Å². The maximum absolute atomic E-state index is 11.5. The Hall–Kier alpha value is -0.610. The van der Waals surface area contributed by atoms with E-state index in [1.807, 2.05) is 6.92 Å². The summed E-state index contributed by atoms with van der Waals surface area (Å²) in [5.74, 6) is 0.494. The highest BCUT2D eigenvalue weighted by Crippen LogP contribution is 2.51. The Morgan fingerprint density at radius 1 is 1.53 bits per heavy atom. The van der Waals surface area contributed by atoms with Gasteiger partial charge < -0.3 is 14.2 Å². The molecule has 3 aliphatic rings. The highest BCUT2D eigenvalue weighted by Gasteiger charge is 2.66. The van der Waals surface area contributed by atoms with E-state index in [0.717, 1.165) is 12.3 Å². The second kappa shape index (κ2) is 3.19. The third-order valence-corrected chi connectivity index (χ3v) is 3.51. The van der Waals surface area contributed by atoms with Gasteiger partial charge >= 0.3 is 5.97 Å². The van der Waals surface area contributed by atoms with Crippen LogP contribution in [0.3, 0.4) is 0 Å². The van der Waals surface area contributed by atoms with Gasteiger partial charge in [-0.15, -0.1) is 0 Å². The molecular weight excluding hydrogens is 196 g/mol. The van der Waals surface area contributed by atoms with Crippen LogP contribution >= 0.6 is 0 Å². The van der Waals surface area contributed by atoms with Crippen molar-refractivity contribution in [1.29, 1.82) is 0 Å². The summed E-state index contributed by atoms with van der Waals surface area (Å²) in [6.07, 6.45) is 3.38. The first-order valence-electron chi connectivity index (χ1n) is 5.71. The number of carbonyl (C=O) groups excluding carboxylic acids is 1. The highest BCUT2D eigenvalue weighted by molar-refractivity contribution is 5.79. The summed E-state index contributed by atoms with van der Waals surface area (Å²) < 4.78 is 16.1. The molecule has 0 radical (unpaired) electrons. The molecule has 4 nitrogen and oxygen atoms in total. The average Bonchev–Trinajstić information content (AvgIpc) is 3.07. The summed E-state index contributed by atoms with van der Waals surface area (Å²) in [5.41, 5.74) is -0.320. The van der Waals surface area contributed by atoms with E-state index in [2.05, 4.69) is 0 Å². The summed E-state index contributed by atoms with van der Waals surface area (Å²) in [7, 11) is 0. The van der Waals surface area contributed by atoms with Crippen LogP contribution in [0.5, 0.6) is 0 Å². The molecule has 84 valence electrons. The lowest BCUT2D eigenvalue weighted by atomic mass is 9.99. The third kappa shape index (κ3) is 1.56. The predicted molar refractivity (Wildman–Crippen MR) is 51.3 cm³/mol. The van der Waals surface area contributed by atoms with Crippen molar-refractivity contribution in [2.24, 2.45) is 5.92 Å². The Bertz CT molecular complexity index is 286. The monoisotopic (exact) mass is 212 g/mol. The van der Waals surface area contributed by atoms with Crippen molar-refractivity contribution in [2.75, 3.05) is 13.2 Å². The van der Waals surface area contributed by atoms with Crippen LogP contribution in [0.25, 0.3) is 0 Å². The quantitative estimate of drug-likeness (QED) is 0.515. The van der Waals surface area contributed by atoms with E-state index in [0.29, 0.717) is 19.3 Å². The maximum atomic E-state index is 11.5. The summed E-state index contributed by atoms with van der Waals surface area (Å²) in [4.78, 5) is 11.5. The van der Waals surface area contributed by atoms with E-state index in [1.54, 1.807) is 0 Å². The van der Waals surface area contributed by atoms with E-state index < -0.39 is 0 Å². The normalized spacial score (nSPS) is 43.3. The highest BCUT2D eigenvalue weighted by atomic mass is 16.7. The van der Waals surface area contributed by atoms with Crippen molar-refractivity contribution < 1.29 is 19.0 Å². The Labute approximate surface area is 88.9 Å². The van der Waals surface area contributed by atoms with E-state index in [1.165, 1.54) is 12.8 Å². The molecule has 15 heavy (non-hydrogen) atoms. The smallest absolute Gasteiger partial charge is 0.338 e. The van der Waals surface area contributed by atoms with Crippen molar-refractivity contribution in [3.05, 3.63) is 0 Å². The number of ether oxygens (including phenoxy) is 3. The van der Waals surface area contributed by atoms with Crippen LogP contribution in [0.1, 0.15) is 26.2 Å². The van der Waals surface area contributed by atoms with Crippen LogP contribution < -0.4 is 0 Å². The number of epoxide rings is 1. The molecule has 4 heteroatoms. The molecule has 1 spiro atoms. The third-order valence-electron chi connectivity index (χ3n) is 3.51. The SMILES string of the molecule is CCOC(=O)C1OC12COC(C1CC1)C2. The van der Waals surface area contributed by atoms with E-state index in [-0.39, 0.29) is 17.7 Å². The zero-order valence-electron chi connectivity index (χ0n) is 8.90. The van der Waals surface area contributed by atoms with Crippen LogP contribution in [0, 0.1) is 5.92 Å². The molecule has 2 aliphatic heterocycles. The van der Waals surface area contributed by atoms with Crippen molar-refractivity contribution in [2.45, 2.75) is 44.0 Å². The number of hydrogen-bond donors (Lipinski definition) is 0. The fourth-order valence-electron chi connectivity index (χ4n) is 2.42. The fourth-order valence-corrected chi connectivity index (χ4v) is 2.42. The largest absolute Gasteiger partial charge is 0.464 e. The second-order valence-corrected chi connectivity index (χ2v) is 4.71. The van der Waals surface area contributed by atoms with E-state index in [4.69, 9.17) is 14.2 Å². The summed E-state index contributed by atoms with van der Waals surface area (Å²) in [6.45, 7) is 2.80. The molecule has 3 fully saturated rings. The predicted octanol–water partition coefficient (Wildman–Crippen LogP) is 0.886. The molecule has 0 aromatic carbocycles. The number of carbonyl (C=O) groups is 1. The van der Waals surface area contributed by atoms with Crippen molar-refractivity contribution in [3.63, 3.8) is 0 Å². The van der Waals surface area contributed by atoms with Gasteiger partial charge in [-0.05, 0) is 25.7 Å². The number of hydrogen-bond acceptors (Lipinski definition) is 4. The Balaban J connectivity index is 1.58. The molecule has 3 atom stereocenters. The summed E-state index contributed by atoms with van der Waals surface area (Å²) in [6, 6.07) is 0. The van der Waals surface area contributed by atoms with Gasteiger partial charge in [-0.3, -0.25) is 0 Å². The van der Waals surface area contributed by atoms with E-state index >= 15 is 0 Å². The minimum absolute atomic E-state index is 0.224. The topological polar surface area (TPSA) is 48.1 Å². The van der Waals surface area contributed by atoms with Gasteiger partial charge in [0, 0.05) is 6.42 Å². The van der Waals surface area contributed by atoms with Crippen LogP contribution in [0.15, 0.2) is 0 Å². The van der Waals surface area contributed by atoms with Gasteiger partial charge in [-0.2, -0.15) is 0 Å². The van der Waals surface area contributed by atoms with Crippen LogP contribution in [0.4, 0.5) is 0 Å². The zero-order chi connectivity index (χ0) is 10.5. The lowest BCUT2D eigenvalue weighted by Crippen LogP contribution is -2.23.